The highest BCUT2D eigenvalue weighted by Gasteiger charge is 2.08. The quantitative estimate of drug-likeness (QED) is 0.466. The summed E-state index contributed by atoms with van der Waals surface area (Å²) in [5.41, 5.74) is 5.99. The van der Waals surface area contributed by atoms with Gasteiger partial charge in [-0.2, -0.15) is 9.62 Å². The van der Waals surface area contributed by atoms with Crippen LogP contribution in [0.25, 0.3) is 16.4 Å². The van der Waals surface area contributed by atoms with Crippen LogP contribution in [0.4, 0.5) is 5.82 Å². The molecule has 0 spiro atoms. The van der Waals surface area contributed by atoms with Gasteiger partial charge in [0.25, 0.3) is 0 Å². The van der Waals surface area contributed by atoms with Gasteiger partial charge in [0, 0.05) is 10.8 Å². The fraction of sp³-hybridized carbons (Fsp3) is 0.0588. The van der Waals surface area contributed by atoms with Crippen molar-refractivity contribution in [1.29, 1.82) is 0 Å². The first-order valence-corrected chi connectivity index (χ1v) is 7.26. The summed E-state index contributed by atoms with van der Waals surface area (Å²) in [5, 5.41) is 18.7. The highest BCUT2D eigenvalue weighted by Crippen LogP contribution is 2.23. The van der Waals surface area contributed by atoms with Crippen molar-refractivity contribution in [3.8, 4) is 0 Å². The molecule has 0 aliphatic heterocycles. The van der Waals surface area contributed by atoms with Crippen LogP contribution in [0.2, 0.25) is 0 Å². The minimum atomic E-state index is 0.663. The molecule has 2 aromatic carbocycles. The first kappa shape index (κ1) is 13.4. The van der Waals surface area contributed by atoms with Gasteiger partial charge < -0.3 is 0 Å². The Kier molecular flexibility index (Phi) is 3.20. The molecule has 0 saturated carbocycles. The van der Waals surface area contributed by atoms with Crippen molar-refractivity contribution in [2.24, 2.45) is 5.10 Å². The third-order valence-corrected chi connectivity index (χ3v) is 3.62. The lowest BCUT2D eigenvalue weighted by atomic mass is 10.2. The maximum atomic E-state index is 4.48. The predicted octanol–water partition coefficient (Wildman–Crippen LogP) is 3.03. The lowest BCUT2D eigenvalue weighted by Gasteiger charge is -2.05. The average Bonchev–Trinajstić information content (AvgIpc) is 3.05. The van der Waals surface area contributed by atoms with Crippen molar-refractivity contribution in [2.45, 2.75) is 6.92 Å². The zero-order valence-electron chi connectivity index (χ0n) is 12.5. The van der Waals surface area contributed by atoms with E-state index in [0.717, 1.165) is 22.0 Å². The lowest BCUT2D eigenvalue weighted by Crippen LogP contribution is -2.00. The number of rotatable bonds is 3. The highest BCUT2D eigenvalue weighted by atomic mass is 15.4. The first-order chi connectivity index (χ1) is 11.3. The van der Waals surface area contributed by atoms with Crippen LogP contribution in [0.3, 0.4) is 0 Å². The molecule has 4 aromatic rings. The summed E-state index contributed by atoms with van der Waals surface area (Å²) in [6.07, 6.45) is 3.35. The van der Waals surface area contributed by atoms with Crippen molar-refractivity contribution in [1.82, 2.24) is 19.8 Å². The molecule has 0 aliphatic rings. The van der Waals surface area contributed by atoms with E-state index in [1.807, 2.05) is 36.4 Å². The molecule has 112 valence electrons. The molecule has 2 aromatic heterocycles. The van der Waals surface area contributed by atoms with Crippen molar-refractivity contribution in [3.05, 3.63) is 66.0 Å². The van der Waals surface area contributed by atoms with Crippen LogP contribution in [0.5, 0.6) is 0 Å². The third-order valence-electron chi connectivity index (χ3n) is 3.62. The van der Waals surface area contributed by atoms with Gasteiger partial charge in [0.15, 0.2) is 11.5 Å². The van der Waals surface area contributed by atoms with Gasteiger partial charge in [0.2, 0.25) is 0 Å². The van der Waals surface area contributed by atoms with Crippen molar-refractivity contribution in [3.63, 3.8) is 0 Å². The lowest BCUT2D eigenvalue weighted by molar-refractivity contribution is 0.934. The number of nitrogens with zero attached hydrogens (tertiary/aromatic N) is 5. The molecule has 0 radical (unpaired) electrons. The van der Waals surface area contributed by atoms with Crippen molar-refractivity contribution < 1.29 is 0 Å². The first-order valence-electron chi connectivity index (χ1n) is 7.26. The molecule has 0 unspecified atom stereocenters. The van der Waals surface area contributed by atoms with Crippen LogP contribution in [0.1, 0.15) is 11.1 Å². The Morgan fingerprint density at radius 2 is 1.83 bits per heavy atom. The molecular formula is C17H14N6. The Hall–Kier alpha value is -3.28. The van der Waals surface area contributed by atoms with E-state index in [9.17, 15) is 0 Å². The Bertz CT molecular complexity index is 1000. The second-order valence-corrected chi connectivity index (χ2v) is 5.27. The molecule has 0 saturated heterocycles. The average molecular weight is 302 g/mol. The van der Waals surface area contributed by atoms with Crippen LogP contribution < -0.4 is 5.43 Å². The summed E-state index contributed by atoms with van der Waals surface area (Å²) in [6.45, 7) is 2.06. The van der Waals surface area contributed by atoms with E-state index in [1.54, 1.807) is 17.1 Å². The van der Waals surface area contributed by atoms with Crippen LogP contribution in [0, 0.1) is 6.92 Å². The number of aromatic nitrogens is 4. The van der Waals surface area contributed by atoms with Crippen LogP contribution in [0.15, 0.2) is 60.0 Å². The summed E-state index contributed by atoms with van der Waals surface area (Å²) >= 11 is 0. The van der Waals surface area contributed by atoms with Gasteiger partial charge >= 0.3 is 0 Å². The summed E-state index contributed by atoms with van der Waals surface area (Å²) in [5.74, 6) is 0.663. The Balaban J connectivity index is 1.71. The van der Waals surface area contributed by atoms with Gasteiger partial charge in [-0.15, -0.1) is 15.3 Å². The summed E-state index contributed by atoms with van der Waals surface area (Å²) in [7, 11) is 0. The van der Waals surface area contributed by atoms with E-state index < -0.39 is 0 Å². The molecular weight excluding hydrogens is 288 g/mol. The second kappa shape index (κ2) is 5.49. The van der Waals surface area contributed by atoms with E-state index in [0.29, 0.717) is 5.82 Å². The molecule has 4 rings (SSSR count). The maximum absolute atomic E-state index is 4.48. The standard InChI is InChI=1S/C17H14N6/c1-12-6-8-13(9-7-12)10-18-20-16-14-4-2-3-5-15(14)17-21-19-11-23(17)22-16/h2-11H,1H3,(H,20,22). The van der Waals surface area contributed by atoms with E-state index in [1.165, 1.54) is 5.56 Å². The number of aryl methyl sites for hydroxylation is 1. The van der Waals surface area contributed by atoms with Crippen LogP contribution in [-0.2, 0) is 0 Å². The Labute approximate surface area is 132 Å². The molecule has 23 heavy (non-hydrogen) atoms. The predicted molar refractivity (Wildman–Crippen MR) is 90.7 cm³/mol. The molecule has 0 atom stereocenters. The zero-order valence-corrected chi connectivity index (χ0v) is 12.5. The molecule has 2 heterocycles. The molecule has 0 bridgehead atoms. The van der Waals surface area contributed by atoms with Gasteiger partial charge in [-0.3, -0.25) is 5.43 Å². The van der Waals surface area contributed by atoms with Gasteiger partial charge in [-0.25, -0.2) is 0 Å². The molecule has 1 N–H and O–H groups in total. The number of hydrogen-bond donors (Lipinski definition) is 1. The molecule has 6 heteroatoms. The molecule has 6 nitrogen and oxygen atoms in total. The number of benzene rings is 2. The number of hydrogen-bond acceptors (Lipinski definition) is 5. The normalized spacial score (nSPS) is 11.5. The van der Waals surface area contributed by atoms with Gasteiger partial charge in [0.05, 0.1) is 6.21 Å². The van der Waals surface area contributed by atoms with Gasteiger partial charge in [-0.1, -0.05) is 54.1 Å². The smallest absolute Gasteiger partial charge is 0.185 e. The molecule has 0 aliphatic carbocycles. The number of fused-ring (bicyclic) bond motifs is 3. The van der Waals surface area contributed by atoms with E-state index in [2.05, 4.69) is 44.9 Å². The molecule has 0 amide bonds. The largest absolute Gasteiger partial charge is 0.259 e. The number of hydrazone groups is 1. The van der Waals surface area contributed by atoms with E-state index >= 15 is 0 Å². The fourth-order valence-corrected chi connectivity index (χ4v) is 2.43. The van der Waals surface area contributed by atoms with Crippen molar-refractivity contribution in [2.75, 3.05) is 5.43 Å². The minimum absolute atomic E-state index is 0.663. The zero-order chi connectivity index (χ0) is 15.6. The Morgan fingerprint density at radius 3 is 2.65 bits per heavy atom. The third kappa shape index (κ3) is 2.50. The summed E-state index contributed by atoms with van der Waals surface area (Å²) in [4.78, 5) is 0. The topological polar surface area (TPSA) is 67.5 Å². The summed E-state index contributed by atoms with van der Waals surface area (Å²) in [6, 6.07) is 16.1. The van der Waals surface area contributed by atoms with E-state index in [-0.39, 0.29) is 0 Å². The van der Waals surface area contributed by atoms with Crippen LogP contribution in [-0.4, -0.2) is 26.0 Å². The van der Waals surface area contributed by atoms with Gasteiger partial charge in [-0.05, 0) is 12.5 Å². The number of anilines is 1. The van der Waals surface area contributed by atoms with Crippen LogP contribution >= 0.6 is 0 Å². The van der Waals surface area contributed by atoms with Crippen molar-refractivity contribution >= 4 is 28.5 Å². The summed E-state index contributed by atoms with van der Waals surface area (Å²) < 4.78 is 1.64. The van der Waals surface area contributed by atoms with Gasteiger partial charge in [0.1, 0.15) is 6.33 Å². The minimum Gasteiger partial charge on any atom is -0.259 e. The second-order valence-electron chi connectivity index (χ2n) is 5.27. The number of nitrogens with one attached hydrogen (secondary N) is 1. The maximum Gasteiger partial charge on any atom is 0.185 e. The molecule has 0 fully saturated rings. The monoisotopic (exact) mass is 302 g/mol. The van der Waals surface area contributed by atoms with E-state index in [4.69, 9.17) is 0 Å². The SMILES string of the molecule is Cc1ccc(C=NNc2nn3cnnc3c3ccccc23)cc1. The highest BCUT2D eigenvalue weighted by molar-refractivity contribution is 5.99. The Morgan fingerprint density at radius 1 is 1.04 bits per heavy atom. The fourth-order valence-electron chi connectivity index (χ4n) is 2.43.